The Bertz CT molecular complexity index is 676. The number of aliphatic imine (C=N–C) groups is 1. The number of guanidine groups is 1. The molecule has 8 nitrogen and oxygen atoms in total. The van der Waals surface area contributed by atoms with Crippen LogP contribution < -0.4 is 15.4 Å². The van der Waals surface area contributed by atoms with E-state index in [9.17, 15) is 0 Å². The largest absolute Gasteiger partial charge is 0.497 e. The monoisotopic (exact) mass is 489 g/mol. The number of rotatable bonds is 10. The highest BCUT2D eigenvalue weighted by atomic mass is 127. The minimum Gasteiger partial charge on any atom is -0.497 e. The Morgan fingerprint density at radius 1 is 1.22 bits per heavy atom. The van der Waals surface area contributed by atoms with Gasteiger partial charge in [0.25, 0.3) is 0 Å². The first-order chi connectivity index (χ1) is 12.7. The van der Waals surface area contributed by atoms with Crippen molar-refractivity contribution in [1.82, 2.24) is 20.8 Å². The van der Waals surface area contributed by atoms with E-state index in [4.69, 9.17) is 14.0 Å². The van der Waals surface area contributed by atoms with Crippen molar-refractivity contribution in [3.63, 3.8) is 0 Å². The molecule has 0 fully saturated rings. The fourth-order valence-electron chi connectivity index (χ4n) is 2.18. The molecule has 0 bridgehead atoms. The van der Waals surface area contributed by atoms with Gasteiger partial charge in [-0.1, -0.05) is 17.3 Å². The van der Waals surface area contributed by atoms with Crippen LogP contribution in [0.25, 0.3) is 0 Å². The van der Waals surface area contributed by atoms with Gasteiger partial charge in [0.1, 0.15) is 5.75 Å². The molecule has 0 aliphatic heterocycles. The molecule has 0 saturated carbocycles. The van der Waals surface area contributed by atoms with Crippen molar-refractivity contribution < 1.29 is 14.0 Å². The van der Waals surface area contributed by atoms with Crippen LogP contribution in [-0.2, 0) is 17.8 Å². The third kappa shape index (κ3) is 9.05. The minimum atomic E-state index is 0. The second-order valence-electron chi connectivity index (χ2n) is 5.57. The average Bonchev–Trinajstić information content (AvgIpc) is 3.08. The number of ether oxygens (including phenoxy) is 2. The number of benzene rings is 1. The maximum atomic E-state index is 5.35. The SMILES string of the molecule is CCOCCCNC(=NCc1ccc(OC)cc1)NCc1noc(C)n1.I. The minimum absolute atomic E-state index is 0. The third-order valence-corrected chi connectivity index (χ3v) is 3.52. The second kappa shape index (κ2) is 13.3. The van der Waals surface area contributed by atoms with Crippen LogP contribution in [0.15, 0.2) is 33.8 Å². The molecule has 9 heteroatoms. The third-order valence-electron chi connectivity index (χ3n) is 3.52. The van der Waals surface area contributed by atoms with Gasteiger partial charge in [0.05, 0.1) is 20.2 Å². The number of aryl methyl sites for hydroxylation is 1. The summed E-state index contributed by atoms with van der Waals surface area (Å²) in [6.07, 6.45) is 0.901. The zero-order valence-electron chi connectivity index (χ0n) is 16.0. The lowest BCUT2D eigenvalue weighted by Gasteiger charge is -2.11. The first kappa shape index (κ1) is 23.2. The number of hydrogen-bond donors (Lipinski definition) is 2. The van der Waals surface area contributed by atoms with Gasteiger partial charge in [-0.15, -0.1) is 24.0 Å². The molecular weight excluding hydrogens is 461 g/mol. The first-order valence-corrected chi connectivity index (χ1v) is 8.73. The molecule has 2 N–H and O–H groups in total. The van der Waals surface area contributed by atoms with Gasteiger partial charge in [-0.05, 0) is 31.0 Å². The van der Waals surface area contributed by atoms with Crippen LogP contribution in [0.2, 0.25) is 0 Å². The first-order valence-electron chi connectivity index (χ1n) is 8.73. The fourth-order valence-corrected chi connectivity index (χ4v) is 2.18. The predicted octanol–water partition coefficient (Wildman–Crippen LogP) is 2.67. The molecule has 1 heterocycles. The summed E-state index contributed by atoms with van der Waals surface area (Å²) in [6, 6.07) is 7.85. The number of methoxy groups -OCH3 is 1. The maximum Gasteiger partial charge on any atom is 0.223 e. The zero-order chi connectivity index (χ0) is 18.6. The van der Waals surface area contributed by atoms with Crippen molar-refractivity contribution in [3.8, 4) is 5.75 Å². The Balaban J connectivity index is 0.00000364. The number of nitrogens with one attached hydrogen (secondary N) is 2. The molecule has 0 radical (unpaired) electrons. The fraction of sp³-hybridized carbons (Fsp3) is 0.500. The van der Waals surface area contributed by atoms with Crippen molar-refractivity contribution >= 4 is 29.9 Å². The van der Waals surface area contributed by atoms with Gasteiger partial charge < -0.3 is 24.6 Å². The molecular formula is C18H28IN5O3. The quantitative estimate of drug-likeness (QED) is 0.229. The normalized spacial score (nSPS) is 11.0. The predicted molar refractivity (Wildman–Crippen MR) is 115 cm³/mol. The molecule has 0 saturated heterocycles. The van der Waals surface area contributed by atoms with Crippen LogP contribution in [-0.4, -0.2) is 43.0 Å². The van der Waals surface area contributed by atoms with Crippen LogP contribution in [0.1, 0.15) is 30.6 Å². The van der Waals surface area contributed by atoms with Crippen LogP contribution in [0.4, 0.5) is 0 Å². The van der Waals surface area contributed by atoms with Crippen molar-refractivity contribution in [2.75, 3.05) is 26.9 Å². The van der Waals surface area contributed by atoms with Crippen LogP contribution in [0, 0.1) is 6.92 Å². The molecule has 0 unspecified atom stereocenters. The van der Waals surface area contributed by atoms with E-state index in [1.165, 1.54) is 0 Å². The van der Waals surface area contributed by atoms with E-state index in [-0.39, 0.29) is 24.0 Å². The summed E-state index contributed by atoms with van der Waals surface area (Å²) in [5.74, 6) is 2.66. The van der Waals surface area contributed by atoms with Gasteiger partial charge in [0.15, 0.2) is 11.8 Å². The van der Waals surface area contributed by atoms with Gasteiger partial charge in [0.2, 0.25) is 5.89 Å². The maximum absolute atomic E-state index is 5.35. The van der Waals surface area contributed by atoms with Crippen molar-refractivity contribution in [2.24, 2.45) is 4.99 Å². The standard InChI is InChI=1S/C18H27N5O3.HI/c1-4-25-11-5-10-19-18(21-13-17-22-14(2)26-23-17)20-12-15-6-8-16(24-3)9-7-15;/h6-9H,4-5,10-13H2,1-3H3,(H2,19,20,21);1H. The summed E-state index contributed by atoms with van der Waals surface area (Å²) in [4.78, 5) is 8.80. The molecule has 2 rings (SSSR count). The highest BCUT2D eigenvalue weighted by Gasteiger charge is 2.04. The van der Waals surface area contributed by atoms with Crippen LogP contribution in [0.3, 0.4) is 0 Å². The molecule has 0 atom stereocenters. The Morgan fingerprint density at radius 3 is 2.63 bits per heavy atom. The summed E-state index contributed by atoms with van der Waals surface area (Å²) >= 11 is 0. The molecule has 1 aromatic carbocycles. The summed E-state index contributed by atoms with van der Waals surface area (Å²) in [5, 5.41) is 10.4. The molecule has 1 aromatic heterocycles. The molecule has 0 spiro atoms. The highest BCUT2D eigenvalue weighted by Crippen LogP contribution is 2.11. The highest BCUT2D eigenvalue weighted by molar-refractivity contribution is 14.0. The second-order valence-corrected chi connectivity index (χ2v) is 5.57. The van der Waals surface area contributed by atoms with Crippen molar-refractivity contribution in [3.05, 3.63) is 41.5 Å². The summed E-state index contributed by atoms with van der Waals surface area (Å²) in [6.45, 7) is 6.96. The summed E-state index contributed by atoms with van der Waals surface area (Å²) in [5.41, 5.74) is 1.09. The van der Waals surface area contributed by atoms with Crippen LogP contribution >= 0.6 is 24.0 Å². The number of nitrogens with zero attached hydrogens (tertiary/aromatic N) is 3. The Labute approximate surface area is 177 Å². The Morgan fingerprint density at radius 2 is 2.00 bits per heavy atom. The van der Waals surface area contributed by atoms with E-state index in [0.717, 1.165) is 37.5 Å². The van der Waals surface area contributed by atoms with E-state index in [2.05, 4.69) is 25.8 Å². The van der Waals surface area contributed by atoms with Gasteiger partial charge in [-0.25, -0.2) is 4.99 Å². The van der Waals surface area contributed by atoms with Crippen LogP contribution in [0.5, 0.6) is 5.75 Å². The molecule has 150 valence electrons. The Kier molecular flexibility index (Phi) is 11.4. The topological polar surface area (TPSA) is 93.8 Å². The smallest absolute Gasteiger partial charge is 0.223 e. The van der Waals surface area contributed by atoms with E-state index < -0.39 is 0 Å². The number of aromatic nitrogens is 2. The Hall–Kier alpha value is -1.88. The molecule has 2 aromatic rings. The van der Waals surface area contributed by atoms with Crippen molar-refractivity contribution in [1.29, 1.82) is 0 Å². The molecule has 0 amide bonds. The van der Waals surface area contributed by atoms with Crippen molar-refractivity contribution in [2.45, 2.75) is 33.4 Å². The lowest BCUT2D eigenvalue weighted by molar-refractivity contribution is 0.145. The van der Waals surface area contributed by atoms with E-state index in [1.54, 1.807) is 14.0 Å². The van der Waals surface area contributed by atoms with E-state index >= 15 is 0 Å². The van der Waals surface area contributed by atoms with Gasteiger partial charge >= 0.3 is 0 Å². The number of hydrogen-bond acceptors (Lipinski definition) is 6. The number of halogens is 1. The van der Waals surface area contributed by atoms with E-state index in [0.29, 0.717) is 30.8 Å². The van der Waals surface area contributed by atoms with Gasteiger partial charge in [-0.3, -0.25) is 0 Å². The van der Waals surface area contributed by atoms with Gasteiger partial charge in [-0.2, -0.15) is 4.98 Å². The molecule has 0 aliphatic rings. The van der Waals surface area contributed by atoms with E-state index in [1.807, 2.05) is 31.2 Å². The lowest BCUT2D eigenvalue weighted by atomic mass is 10.2. The average molecular weight is 489 g/mol. The summed E-state index contributed by atoms with van der Waals surface area (Å²) in [7, 11) is 1.65. The lowest BCUT2D eigenvalue weighted by Crippen LogP contribution is -2.38. The molecule has 0 aliphatic carbocycles. The van der Waals surface area contributed by atoms with Gasteiger partial charge in [0, 0.05) is 26.7 Å². The molecule has 27 heavy (non-hydrogen) atoms. The zero-order valence-corrected chi connectivity index (χ0v) is 18.4. The summed E-state index contributed by atoms with van der Waals surface area (Å²) < 4.78 is 15.5.